The molecule has 0 bridgehead atoms. The first-order chi connectivity index (χ1) is 9.54. The summed E-state index contributed by atoms with van der Waals surface area (Å²) in [6, 6.07) is 10.4. The third-order valence-corrected chi connectivity index (χ3v) is 3.26. The Morgan fingerprint density at radius 2 is 1.90 bits per heavy atom. The number of amides is 2. The zero-order valence-electron chi connectivity index (χ0n) is 10.3. The number of halogens is 3. The number of nitrogens with one attached hydrogen (secondary N) is 2. The van der Waals surface area contributed by atoms with Crippen molar-refractivity contribution in [2.45, 2.75) is 6.54 Å². The first-order valence-electron chi connectivity index (χ1n) is 5.79. The maximum absolute atomic E-state index is 13.0. The Hall–Kier alpha value is -1.78. The van der Waals surface area contributed by atoms with Crippen molar-refractivity contribution in [1.82, 2.24) is 5.32 Å². The maximum Gasteiger partial charge on any atom is 0.319 e. The number of hydrogen-bond donors (Lipinski definition) is 2. The van der Waals surface area contributed by atoms with Gasteiger partial charge in [0.05, 0.1) is 10.0 Å². The molecule has 0 aliphatic carbocycles. The third kappa shape index (κ3) is 4.11. The summed E-state index contributed by atoms with van der Waals surface area (Å²) in [7, 11) is 0. The van der Waals surface area contributed by atoms with Crippen LogP contribution in [0.5, 0.6) is 0 Å². The Labute approximate surface area is 125 Å². The summed E-state index contributed by atoms with van der Waals surface area (Å²) < 4.78 is 13.0. The van der Waals surface area contributed by atoms with Crippen molar-refractivity contribution in [2.24, 2.45) is 0 Å². The minimum absolute atomic E-state index is 0.227. The van der Waals surface area contributed by atoms with E-state index in [1.807, 2.05) is 0 Å². The van der Waals surface area contributed by atoms with E-state index in [-0.39, 0.29) is 12.4 Å². The van der Waals surface area contributed by atoms with E-state index in [1.54, 1.807) is 30.3 Å². The minimum atomic E-state index is -0.410. The first-order valence-corrected chi connectivity index (χ1v) is 6.54. The highest BCUT2D eigenvalue weighted by atomic mass is 35.5. The van der Waals surface area contributed by atoms with Gasteiger partial charge >= 0.3 is 6.03 Å². The highest BCUT2D eigenvalue weighted by Crippen LogP contribution is 2.24. The van der Waals surface area contributed by atoms with Gasteiger partial charge in [0.25, 0.3) is 0 Å². The summed E-state index contributed by atoms with van der Waals surface area (Å²) in [5.74, 6) is -0.339. The van der Waals surface area contributed by atoms with E-state index in [0.29, 0.717) is 21.3 Å². The van der Waals surface area contributed by atoms with Gasteiger partial charge in [-0.2, -0.15) is 0 Å². The van der Waals surface area contributed by atoms with Crippen molar-refractivity contribution in [3.63, 3.8) is 0 Å². The average Bonchev–Trinajstić information content (AvgIpc) is 2.41. The lowest BCUT2D eigenvalue weighted by atomic mass is 10.2. The van der Waals surface area contributed by atoms with E-state index in [2.05, 4.69) is 10.6 Å². The van der Waals surface area contributed by atoms with Gasteiger partial charge in [-0.15, -0.1) is 0 Å². The van der Waals surface area contributed by atoms with E-state index in [4.69, 9.17) is 23.2 Å². The SMILES string of the molecule is O=C(NCc1cccc(F)c1)Nc1ccc(Cl)c(Cl)c1. The van der Waals surface area contributed by atoms with E-state index in [1.165, 1.54) is 12.1 Å². The maximum atomic E-state index is 13.0. The van der Waals surface area contributed by atoms with Crippen LogP contribution in [0.4, 0.5) is 14.9 Å². The number of carbonyl (C=O) groups excluding carboxylic acids is 1. The summed E-state index contributed by atoms with van der Waals surface area (Å²) in [5, 5.41) is 5.99. The zero-order valence-corrected chi connectivity index (χ0v) is 11.8. The molecular formula is C14H11Cl2FN2O. The predicted molar refractivity (Wildman–Crippen MR) is 78.7 cm³/mol. The Morgan fingerprint density at radius 3 is 2.60 bits per heavy atom. The van der Waals surface area contributed by atoms with E-state index >= 15 is 0 Å². The normalized spacial score (nSPS) is 10.2. The largest absolute Gasteiger partial charge is 0.334 e. The van der Waals surface area contributed by atoms with Crippen molar-refractivity contribution >= 4 is 34.9 Å². The van der Waals surface area contributed by atoms with Crippen molar-refractivity contribution in [1.29, 1.82) is 0 Å². The summed E-state index contributed by atoms with van der Waals surface area (Å²) in [6.07, 6.45) is 0. The Morgan fingerprint density at radius 1 is 1.10 bits per heavy atom. The van der Waals surface area contributed by atoms with Gasteiger partial charge in [0, 0.05) is 12.2 Å². The zero-order chi connectivity index (χ0) is 14.5. The average molecular weight is 313 g/mol. The molecule has 0 saturated heterocycles. The van der Waals surface area contributed by atoms with Crippen LogP contribution in [0.2, 0.25) is 10.0 Å². The number of rotatable bonds is 3. The summed E-state index contributed by atoms with van der Waals surface area (Å²) in [4.78, 5) is 11.7. The number of anilines is 1. The molecule has 0 unspecified atom stereocenters. The quantitative estimate of drug-likeness (QED) is 0.863. The molecule has 2 amide bonds. The lowest BCUT2D eigenvalue weighted by Crippen LogP contribution is -2.28. The highest BCUT2D eigenvalue weighted by Gasteiger charge is 2.04. The summed E-state index contributed by atoms with van der Waals surface area (Å²) in [6.45, 7) is 0.227. The van der Waals surface area contributed by atoms with Crippen LogP contribution >= 0.6 is 23.2 Å². The van der Waals surface area contributed by atoms with E-state index in [9.17, 15) is 9.18 Å². The first kappa shape index (κ1) is 14.6. The van der Waals surface area contributed by atoms with Gasteiger partial charge in [-0.25, -0.2) is 9.18 Å². The molecule has 0 aliphatic rings. The van der Waals surface area contributed by atoms with Gasteiger partial charge in [-0.1, -0.05) is 35.3 Å². The van der Waals surface area contributed by atoms with Crippen LogP contribution < -0.4 is 10.6 Å². The molecule has 0 atom stereocenters. The van der Waals surface area contributed by atoms with Crippen LogP contribution in [-0.2, 0) is 6.54 Å². The summed E-state index contributed by atoms with van der Waals surface area (Å²) >= 11 is 11.6. The van der Waals surface area contributed by atoms with Crippen LogP contribution in [0.15, 0.2) is 42.5 Å². The lowest BCUT2D eigenvalue weighted by molar-refractivity contribution is 0.251. The highest BCUT2D eigenvalue weighted by molar-refractivity contribution is 6.42. The monoisotopic (exact) mass is 312 g/mol. The molecule has 0 saturated carbocycles. The Kier molecular flexibility index (Phi) is 4.82. The van der Waals surface area contributed by atoms with Crippen molar-refractivity contribution < 1.29 is 9.18 Å². The van der Waals surface area contributed by atoms with Gasteiger partial charge in [-0.05, 0) is 35.9 Å². The number of benzene rings is 2. The molecule has 2 N–H and O–H groups in total. The van der Waals surface area contributed by atoms with Crippen molar-refractivity contribution in [3.8, 4) is 0 Å². The molecule has 0 fully saturated rings. The molecule has 6 heteroatoms. The molecule has 0 spiro atoms. The number of urea groups is 1. The molecule has 0 aromatic heterocycles. The second-order valence-corrected chi connectivity index (χ2v) is 4.88. The third-order valence-electron chi connectivity index (χ3n) is 2.52. The van der Waals surface area contributed by atoms with Crippen LogP contribution in [-0.4, -0.2) is 6.03 Å². The molecular weight excluding hydrogens is 302 g/mol. The van der Waals surface area contributed by atoms with Crippen LogP contribution in [0, 0.1) is 5.82 Å². The van der Waals surface area contributed by atoms with Gasteiger partial charge in [0.15, 0.2) is 0 Å². The molecule has 0 radical (unpaired) electrons. The van der Waals surface area contributed by atoms with Crippen LogP contribution in [0.25, 0.3) is 0 Å². The van der Waals surface area contributed by atoms with Crippen LogP contribution in [0.1, 0.15) is 5.56 Å². The molecule has 0 aliphatic heterocycles. The van der Waals surface area contributed by atoms with Gasteiger partial charge in [0.2, 0.25) is 0 Å². The Balaban J connectivity index is 1.91. The van der Waals surface area contributed by atoms with Gasteiger partial charge in [0.1, 0.15) is 5.82 Å². The Bertz CT molecular complexity index is 634. The van der Waals surface area contributed by atoms with E-state index < -0.39 is 6.03 Å². The topological polar surface area (TPSA) is 41.1 Å². The number of carbonyl (C=O) groups is 1. The predicted octanol–water partition coefficient (Wildman–Crippen LogP) is 4.45. The second-order valence-electron chi connectivity index (χ2n) is 4.07. The van der Waals surface area contributed by atoms with Gasteiger partial charge < -0.3 is 10.6 Å². The van der Waals surface area contributed by atoms with Crippen molar-refractivity contribution in [2.75, 3.05) is 5.32 Å². The molecule has 2 aromatic rings. The van der Waals surface area contributed by atoms with Crippen LogP contribution in [0.3, 0.4) is 0 Å². The van der Waals surface area contributed by atoms with Crippen molar-refractivity contribution in [3.05, 3.63) is 63.9 Å². The number of hydrogen-bond acceptors (Lipinski definition) is 1. The van der Waals surface area contributed by atoms with Gasteiger partial charge in [-0.3, -0.25) is 0 Å². The second kappa shape index (κ2) is 6.59. The molecule has 2 rings (SSSR count). The summed E-state index contributed by atoms with van der Waals surface area (Å²) in [5.41, 5.74) is 1.20. The standard InChI is InChI=1S/C14H11Cl2FN2O/c15-12-5-4-11(7-13(12)16)19-14(20)18-8-9-2-1-3-10(17)6-9/h1-7H,8H2,(H2,18,19,20). The molecule has 2 aromatic carbocycles. The minimum Gasteiger partial charge on any atom is -0.334 e. The molecule has 104 valence electrons. The fraction of sp³-hybridized carbons (Fsp3) is 0.0714. The van der Waals surface area contributed by atoms with E-state index in [0.717, 1.165) is 0 Å². The molecule has 0 heterocycles. The molecule has 3 nitrogen and oxygen atoms in total. The smallest absolute Gasteiger partial charge is 0.319 e. The molecule has 20 heavy (non-hydrogen) atoms. The fourth-order valence-electron chi connectivity index (χ4n) is 1.58. The fourth-order valence-corrected chi connectivity index (χ4v) is 1.88. The lowest BCUT2D eigenvalue weighted by Gasteiger charge is -2.08.